The molecule has 1 fully saturated rings. The van der Waals surface area contributed by atoms with Crippen LogP contribution in [0.15, 0.2) is 54.6 Å². The molecule has 1 heterocycles. The van der Waals surface area contributed by atoms with Gasteiger partial charge in [-0.2, -0.15) is 0 Å². The zero-order valence-electron chi connectivity index (χ0n) is 15.3. The standard InChI is InChI=1S/C21H26N2O3.ClH/c24-19-8-6-18(7-9-19)22-20(25)10-13-23-14-11-21(26,12-15-23)16-17-4-2-1-3-5-17;/h1-9,24,26H,10-16H2,(H,22,25);1H. The summed E-state index contributed by atoms with van der Waals surface area (Å²) in [4.78, 5) is 14.3. The van der Waals surface area contributed by atoms with E-state index in [1.54, 1.807) is 24.3 Å². The van der Waals surface area contributed by atoms with Crippen molar-refractivity contribution in [2.45, 2.75) is 31.3 Å². The number of phenols is 1. The fourth-order valence-corrected chi connectivity index (χ4v) is 3.37. The van der Waals surface area contributed by atoms with E-state index in [9.17, 15) is 15.0 Å². The van der Waals surface area contributed by atoms with E-state index < -0.39 is 5.60 Å². The molecule has 1 saturated heterocycles. The Morgan fingerprint density at radius 1 is 1.04 bits per heavy atom. The van der Waals surface area contributed by atoms with Crippen LogP contribution in [0.1, 0.15) is 24.8 Å². The number of rotatable bonds is 6. The molecule has 2 aromatic carbocycles. The van der Waals surface area contributed by atoms with E-state index in [4.69, 9.17) is 0 Å². The number of aliphatic hydroxyl groups is 1. The molecule has 0 atom stereocenters. The third-order valence-corrected chi connectivity index (χ3v) is 4.97. The molecule has 0 aromatic heterocycles. The Kier molecular flexibility index (Phi) is 7.66. The zero-order valence-corrected chi connectivity index (χ0v) is 16.1. The van der Waals surface area contributed by atoms with Gasteiger partial charge >= 0.3 is 0 Å². The van der Waals surface area contributed by atoms with E-state index in [0.717, 1.165) is 31.5 Å². The summed E-state index contributed by atoms with van der Waals surface area (Å²) in [6, 6.07) is 16.5. The number of benzene rings is 2. The highest BCUT2D eigenvalue weighted by atomic mass is 35.5. The van der Waals surface area contributed by atoms with Crippen molar-refractivity contribution in [3.8, 4) is 5.75 Å². The second-order valence-corrected chi connectivity index (χ2v) is 7.07. The predicted molar refractivity (Wildman–Crippen MR) is 109 cm³/mol. The lowest BCUT2D eigenvalue weighted by Crippen LogP contribution is -2.46. The summed E-state index contributed by atoms with van der Waals surface area (Å²) in [7, 11) is 0. The molecule has 3 N–H and O–H groups in total. The lowest BCUT2D eigenvalue weighted by atomic mass is 9.85. The molecule has 5 nitrogen and oxygen atoms in total. The number of piperidine rings is 1. The van der Waals surface area contributed by atoms with Crippen LogP contribution in [0.5, 0.6) is 5.75 Å². The Hall–Kier alpha value is -2.08. The minimum absolute atomic E-state index is 0. The Labute approximate surface area is 166 Å². The van der Waals surface area contributed by atoms with Gasteiger partial charge in [0.15, 0.2) is 0 Å². The second-order valence-electron chi connectivity index (χ2n) is 7.07. The minimum Gasteiger partial charge on any atom is -0.508 e. The van der Waals surface area contributed by atoms with Gasteiger partial charge in [0.25, 0.3) is 0 Å². The van der Waals surface area contributed by atoms with Gasteiger partial charge in [0.1, 0.15) is 5.75 Å². The summed E-state index contributed by atoms with van der Waals surface area (Å²) in [5, 5.41) is 22.9. The Morgan fingerprint density at radius 2 is 1.67 bits per heavy atom. The number of amides is 1. The molecule has 0 radical (unpaired) electrons. The largest absolute Gasteiger partial charge is 0.508 e. The molecule has 3 rings (SSSR count). The smallest absolute Gasteiger partial charge is 0.225 e. The molecule has 0 saturated carbocycles. The first-order chi connectivity index (χ1) is 12.5. The number of carbonyl (C=O) groups excluding carboxylic acids is 1. The number of anilines is 1. The number of carbonyl (C=O) groups is 1. The van der Waals surface area contributed by atoms with Crippen LogP contribution in [0.25, 0.3) is 0 Å². The Balaban J connectivity index is 0.00000261. The topological polar surface area (TPSA) is 72.8 Å². The van der Waals surface area contributed by atoms with Crippen LogP contribution in [-0.4, -0.2) is 46.3 Å². The van der Waals surface area contributed by atoms with Crippen molar-refractivity contribution < 1.29 is 15.0 Å². The lowest BCUT2D eigenvalue weighted by Gasteiger charge is -2.38. The molecular weight excluding hydrogens is 364 g/mol. The van der Waals surface area contributed by atoms with Crippen molar-refractivity contribution in [3.05, 3.63) is 60.2 Å². The van der Waals surface area contributed by atoms with Crippen molar-refractivity contribution in [2.24, 2.45) is 0 Å². The van der Waals surface area contributed by atoms with Crippen molar-refractivity contribution in [1.82, 2.24) is 4.90 Å². The van der Waals surface area contributed by atoms with Crippen LogP contribution < -0.4 is 5.32 Å². The van der Waals surface area contributed by atoms with E-state index in [2.05, 4.69) is 22.3 Å². The summed E-state index contributed by atoms with van der Waals surface area (Å²) < 4.78 is 0. The summed E-state index contributed by atoms with van der Waals surface area (Å²) in [5.41, 5.74) is 1.20. The minimum atomic E-state index is -0.647. The molecule has 2 aromatic rings. The maximum absolute atomic E-state index is 12.1. The number of phenolic OH excluding ortho intramolecular Hbond substituents is 1. The summed E-state index contributed by atoms with van der Waals surface area (Å²) >= 11 is 0. The normalized spacial score (nSPS) is 16.3. The molecule has 0 unspecified atom stereocenters. The number of hydrogen-bond donors (Lipinski definition) is 3. The average Bonchev–Trinajstić information content (AvgIpc) is 2.64. The Bertz CT molecular complexity index is 714. The summed E-state index contributed by atoms with van der Waals surface area (Å²) in [5.74, 6) is 0.139. The fraction of sp³-hybridized carbons (Fsp3) is 0.381. The van der Waals surface area contributed by atoms with E-state index in [-0.39, 0.29) is 24.1 Å². The SMILES string of the molecule is Cl.O=C(CCN1CCC(O)(Cc2ccccc2)CC1)Nc1ccc(O)cc1. The van der Waals surface area contributed by atoms with Crippen LogP contribution in [0, 0.1) is 0 Å². The van der Waals surface area contributed by atoms with Gasteiger partial charge in [-0.3, -0.25) is 4.79 Å². The lowest BCUT2D eigenvalue weighted by molar-refractivity contribution is -0.116. The molecule has 146 valence electrons. The summed E-state index contributed by atoms with van der Waals surface area (Å²) in [6.07, 6.45) is 2.55. The number of aromatic hydroxyl groups is 1. The van der Waals surface area contributed by atoms with E-state index in [1.165, 1.54) is 0 Å². The molecule has 27 heavy (non-hydrogen) atoms. The third-order valence-electron chi connectivity index (χ3n) is 4.97. The van der Waals surface area contributed by atoms with Crippen molar-refractivity contribution in [1.29, 1.82) is 0 Å². The number of nitrogens with one attached hydrogen (secondary N) is 1. The van der Waals surface area contributed by atoms with Gasteiger partial charge in [-0.1, -0.05) is 30.3 Å². The number of hydrogen-bond acceptors (Lipinski definition) is 4. The van der Waals surface area contributed by atoms with Gasteiger partial charge in [-0.05, 0) is 42.7 Å². The highest BCUT2D eigenvalue weighted by Gasteiger charge is 2.32. The Morgan fingerprint density at radius 3 is 2.30 bits per heavy atom. The molecule has 1 aliphatic heterocycles. The fourth-order valence-electron chi connectivity index (χ4n) is 3.37. The maximum Gasteiger partial charge on any atom is 0.225 e. The van der Waals surface area contributed by atoms with Crippen LogP contribution in [0.4, 0.5) is 5.69 Å². The van der Waals surface area contributed by atoms with Crippen LogP contribution in [0.2, 0.25) is 0 Å². The van der Waals surface area contributed by atoms with Crippen LogP contribution in [0.3, 0.4) is 0 Å². The molecule has 0 bridgehead atoms. The van der Waals surface area contributed by atoms with Gasteiger partial charge in [0.2, 0.25) is 5.91 Å². The number of halogens is 1. The van der Waals surface area contributed by atoms with E-state index >= 15 is 0 Å². The van der Waals surface area contributed by atoms with Crippen molar-refractivity contribution >= 4 is 24.0 Å². The first-order valence-corrected chi connectivity index (χ1v) is 9.10. The van der Waals surface area contributed by atoms with Crippen molar-refractivity contribution in [3.63, 3.8) is 0 Å². The molecule has 0 aliphatic carbocycles. The number of likely N-dealkylation sites (tertiary alicyclic amines) is 1. The van der Waals surface area contributed by atoms with Crippen LogP contribution in [-0.2, 0) is 11.2 Å². The van der Waals surface area contributed by atoms with Gasteiger partial charge in [-0.15, -0.1) is 12.4 Å². The first kappa shape index (κ1) is 21.2. The van der Waals surface area contributed by atoms with Gasteiger partial charge in [0.05, 0.1) is 5.60 Å². The highest BCUT2D eigenvalue weighted by molar-refractivity contribution is 5.90. The predicted octanol–water partition coefficient (Wildman–Crippen LogP) is 3.21. The summed E-state index contributed by atoms with van der Waals surface area (Å²) in [6.45, 7) is 2.29. The van der Waals surface area contributed by atoms with Gasteiger partial charge < -0.3 is 20.4 Å². The second kappa shape index (κ2) is 9.74. The highest BCUT2D eigenvalue weighted by Crippen LogP contribution is 2.26. The van der Waals surface area contributed by atoms with Gasteiger partial charge in [0, 0.05) is 38.2 Å². The quantitative estimate of drug-likeness (QED) is 0.662. The molecule has 1 aliphatic rings. The molecule has 6 heteroatoms. The van der Waals surface area contributed by atoms with E-state index in [1.807, 2.05) is 18.2 Å². The zero-order chi connectivity index (χ0) is 18.4. The van der Waals surface area contributed by atoms with E-state index in [0.29, 0.717) is 25.1 Å². The molecular formula is C21H27ClN2O3. The average molecular weight is 391 g/mol. The number of nitrogens with zero attached hydrogens (tertiary/aromatic N) is 1. The van der Waals surface area contributed by atoms with Crippen LogP contribution >= 0.6 is 12.4 Å². The molecule has 1 amide bonds. The first-order valence-electron chi connectivity index (χ1n) is 9.10. The van der Waals surface area contributed by atoms with Crippen molar-refractivity contribution in [2.75, 3.05) is 25.0 Å². The maximum atomic E-state index is 12.1. The third kappa shape index (κ3) is 6.54. The van der Waals surface area contributed by atoms with Gasteiger partial charge in [-0.25, -0.2) is 0 Å². The monoisotopic (exact) mass is 390 g/mol. The molecule has 0 spiro atoms.